The highest BCUT2D eigenvalue weighted by atomic mass is 32.2. The number of hydrogen-bond acceptors (Lipinski definition) is 5. The van der Waals surface area contributed by atoms with E-state index in [1.54, 1.807) is 25.3 Å². The van der Waals surface area contributed by atoms with E-state index in [1.807, 2.05) is 30.3 Å². The first-order chi connectivity index (χ1) is 13.1. The Labute approximate surface area is 160 Å². The van der Waals surface area contributed by atoms with Gasteiger partial charge in [0.2, 0.25) is 0 Å². The van der Waals surface area contributed by atoms with Gasteiger partial charge in [0.15, 0.2) is 0 Å². The standard InChI is InChI=1S/C20H19NO5S/c1-25-16-8-6-14(7-9-16)12-27-13-26-20(24)21-11-15(10-19(22)23)17-4-2-3-5-18(17)21/h2-9,11H,10,12-13H2,1H3,(H,22,23). The third-order valence-corrected chi connectivity index (χ3v) is 4.85. The summed E-state index contributed by atoms with van der Waals surface area (Å²) in [5, 5.41) is 9.79. The van der Waals surface area contributed by atoms with Crippen LogP contribution >= 0.6 is 11.8 Å². The molecule has 7 heteroatoms. The number of carboxylic acids is 1. The van der Waals surface area contributed by atoms with Gasteiger partial charge in [-0.15, -0.1) is 11.8 Å². The zero-order valence-electron chi connectivity index (χ0n) is 14.8. The van der Waals surface area contributed by atoms with E-state index >= 15 is 0 Å². The van der Waals surface area contributed by atoms with Gasteiger partial charge in [-0.25, -0.2) is 4.79 Å². The molecule has 1 N–H and O–H groups in total. The highest BCUT2D eigenvalue weighted by molar-refractivity contribution is 7.98. The molecule has 0 amide bonds. The molecule has 3 aromatic rings. The van der Waals surface area contributed by atoms with Gasteiger partial charge >= 0.3 is 12.1 Å². The Balaban J connectivity index is 1.61. The van der Waals surface area contributed by atoms with Crippen LogP contribution in [0.15, 0.2) is 54.7 Å². The van der Waals surface area contributed by atoms with Crippen molar-refractivity contribution in [2.45, 2.75) is 12.2 Å². The minimum atomic E-state index is -0.943. The molecule has 0 atom stereocenters. The summed E-state index contributed by atoms with van der Waals surface area (Å²) >= 11 is 1.47. The molecule has 1 heterocycles. The first kappa shape index (κ1) is 18.8. The lowest BCUT2D eigenvalue weighted by Gasteiger charge is -2.07. The Kier molecular flexibility index (Phi) is 6.03. The maximum absolute atomic E-state index is 12.4. The number of methoxy groups -OCH3 is 1. The van der Waals surface area contributed by atoms with Crippen LogP contribution in [-0.2, 0) is 21.7 Å². The lowest BCUT2D eigenvalue weighted by atomic mass is 10.1. The number of benzene rings is 2. The molecular formula is C20H19NO5S. The van der Waals surface area contributed by atoms with Crippen molar-refractivity contribution in [1.82, 2.24) is 4.57 Å². The fraction of sp³-hybridized carbons (Fsp3) is 0.200. The smallest absolute Gasteiger partial charge is 0.419 e. The van der Waals surface area contributed by atoms with Gasteiger partial charge in [-0.2, -0.15) is 0 Å². The van der Waals surface area contributed by atoms with Crippen molar-refractivity contribution in [1.29, 1.82) is 0 Å². The maximum Gasteiger partial charge on any atom is 0.419 e. The quantitative estimate of drug-likeness (QED) is 0.486. The van der Waals surface area contributed by atoms with Gasteiger partial charge in [0.1, 0.15) is 11.7 Å². The van der Waals surface area contributed by atoms with E-state index in [1.165, 1.54) is 22.5 Å². The Morgan fingerprint density at radius 3 is 2.56 bits per heavy atom. The van der Waals surface area contributed by atoms with Crippen LogP contribution in [0.4, 0.5) is 4.79 Å². The first-order valence-corrected chi connectivity index (χ1v) is 9.42. The van der Waals surface area contributed by atoms with Gasteiger partial charge in [0.25, 0.3) is 0 Å². The number of rotatable bonds is 7. The van der Waals surface area contributed by atoms with Crippen LogP contribution in [-0.4, -0.2) is 34.8 Å². The van der Waals surface area contributed by atoms with E-state index < -0.39 is 12.1 Å². The topological polar surface area (TPSA) is 77.8 Å². The molecular weight excluding hydrogens is 366 g/mol. The SMILES string of the molecule is COc1ccc(CSCOC(=O)n2cc(CC(=O)O)c3ccccc32)cc1. The molecule has 0 spiro atoms. The average Bonchev–Trinajstić information content (AvgIpc) is 3.04. The summed E-state index contributed by atoms with van der Waals surface area (Å²) in [5.74, 6) is 0.757. The Bertz CT molecular complexity index is 949. The monoisotopic (exact) mass is 385 g/mol. The van der Waals surface area contributed by atoms with Gasteiger partial charge in [0, 0.05) is 17.3 Å². The highest BCUT2D eigenvalue weighted by Gasteiger charge is 2.16. The van der Waals surface area contributed by atoms with E-state index in [-0.39, 0.29) is 12.4 Å². The van der Waals surface area contributed by atoms with Crippen molar-refractivity contribution < 1.29 is 24.2 Å². The zero-order valence-corrected chi connectivity index (χ0v) is 15.6. The lowest BCUT2D eigenvalue weighted by Crippen LogP contribution is -2.12. The summed E-state index contributed by atoms with van der Waals surface area (Å²) in [5.41, 5.74) is 2.33. The number of carbonyl (C=O) groups excluding carboxylic acids is 1. The first-order valence-electron chi connectivity index (χ1n) is 8.27. The van der Waals surface area contributed by atoms with Crippen molar-refractivity contribution in [3.63, 3.8) is 0 Å². The van der Waals surface area contributed by atoms with E-state index in [0.717, 1.165) is 16.7 Å². The van der Waals surface area contributed by atoms with E-state index in [0.29, 0.717) is 16.8 Å². The number of aromatic nitrogens is 1. The number of aliphatic carboxylic acids is 1. The number of nitrogens with zero attached hydrogens (tertiary/aromatic N) is 1. The molecule has 0 radical (unpaired) electrons. The van der Waals surface area contributed by atoms with Crippen LogP contribution in [0.5, 0.6) is 5.75 Å². The van der Waals surface area contributed by atoms with Crippen LogP contribution in [0, 0.1) is 0 Å². The molecule has 0 aliphatic heterocycles. The Morgan fingerprint density at radius 1 is 1.11 bits per heavy atom. The van der Waals surface area contributed by atoms with Crippen LogP contribution in [0.1, 0.15) is 11.1 Å². The summed E-state index contributed by atoms with van der Waals surface area (Å²) in [6.45, 7) is 0. The van der Waals surface area contributed by atoms with Crippen LogP contribution in [0.2, 0.25) is 0 Å². The van der Waals surface area contributed by atoms with Crippen molar-refractivity contribution >= 4 is 34.7 Å². The molecule has 3 rings (SSSR count). The van der Waals surface area contributed by atoms with Crippen LogP contribution < -0.4 is 4.74 Å². The number of carboxylic acid groups (broad SMARTS) is 1. The molecule has 140 valence electrons. The molecule has 0 saturated carbocycles. The molecule has 1 aromatic heterocycles. The number of ether oxygens (including phenoxy) is 2. The van der Waals surface area contributed by atoms with E-state index in [4.69, 9.17) is 14.6 Å². The number of carbonyl (C=O) groups is 2. The second-order valence-corrected chi connectivity index (χ2v) is 6.77. The molecule has 0 unspecified atom stereocenters. The predicted octanol–water partition coefficient (Wildman–Crippen LogP) is 4.15. The van der Waals surface area contributed by atoms with Crippen LogP contribution in [0.25, 0.3) is 10.9 Å². The summed E-state index contributed by atoms with van der Waals surface area (Å²) in [6.07, 6.45) is 0.868. The molecule has 6 nitrogen and oxygen atoms in total. The second-order valence-electron chi connectivity index (χ2n) is 5.84. The highest BCUT2D eigenvalue weighted by Crippen LogP contribution is 2.23. The normalized spacial score (nSPS) is 10.7. The van der Waals surface area contributed by atoms with Crippen molar-refractivity contribution in [3.8, 4) is 5.75 Å². The Hall–Kier alpha value is -2.93. The fourth-order valence-corrected chi connectivity index (χ4v) is 3.44. The fourth-order valence-electron chi connectivity index (χ4n) is 2.75. The molecule has 0 aliphatic rings. The van der Waals surface area contributed by atoms with E-state index in [2.05, 4.69) is 0 Å². The summed E-state index contributed by atoms with van der Waals surface area (Å²) in [6, 6.07) is 14.9. The number of thioether (sulfide) groups is 1. The van der Waals surface area contributed by atoms with Crippen molar-refractivity contribution in [2.75, 3.05) is 13.0 Å². The third kappa shape index (κ3) is 4.62. The van der Waals surface area contributed by atoms with Gasteiger partial charge in [0.05, 0.1) is 19.0 Å². The number of hydrogen-bond donors (Lipinski definition) is 1. The van der Waals surface area contributed by atoms with E-state index in [9.17, 15) is 9.59 Å². The van der Waals surface area contributed by atoms with Gasteiger partial charge in [-0.3, -0.25) is 9.36 Å². The van der Waals surface area contributed by atoms with Crippen molar-refractivity contribution in [2.24, 2.45) is 0 Å². The summed E-state index contributed by atoms with van der Waals surface area (Å²) in [4.78, 5) is 23.5. The van der Waals surface area contributed by atoms with Gasteiger partial charge in [-0.05, 0) is 29.3 Å². The predicted molar refractivity (Wildman–Crippen MR) is 104 cm³/mol. The van der Waals surface area contributed by atoms with Gasteiger partial charge in [-0.1, -0.05) is 30.3 Å². The third-order valence-electron chi connectivity index (χ3n) is 4.03. The van der Waals surface area contributed by atoms with Crippen LogP contribution in [0.3, 0.4) is 0 Å². The van der Waals surface area contributed by atoms with Crippen molar-refractivity contribution in [3.05, 3.63) is 65.9 Å². The molecule has 27 heavy (non-hydrogen) atoms. The number of para-hydroxylation sites is 1. The largest absolute Gasteiger partial charge is 0.497 e. The summed E-state index contributed by atoms with van der Waals surface area (Å²) < 4.78 is 11.8. The minimum Gasteiger partial charge on any atom is -0.497 e. The minimum absolute atomic E-state index is 0.146. The number of fused-ring (bicyclic) bond motifs is 1. The van der Waals surface area contributed by atoms with Gasteiger partial charge < -0.3 is 14.6 Å². The molecule has 2 aromatic carbocycles. The average molecular weight is 385 g/mol. The molecule has 0 saturated heterocycles. The molecule has 0 aliphatic carbocycles. The summed E-state index contributed by atoms with van der Waals surface area (Å²) in [7, 11) is 1.62. The second kappa shape index (κ2) is 8.64. The molecule has 0 fully saturated rings. The lowest BCUT2D eigenvalue weighted by molar-refractivity contribution is -0.136. The zero-order chi connectivity index (χ0) is 19.2. The molecule has 0 bridgehead atoms. The Morgan fingerprint density at radius 2 is 1.85 bits per heavy atom. The maximum atomic E-state index is 12.4.